The molecule has 1 aromatic carbocycles. The fraction of sp³-hybridized carbons (Fsp3) is 0.182. The molecule has 0 saturated carbocycles. The number of rotatable bonds is 2. The Morgan fingerprint density at radius 3 is 2.94 bits per heavy atom. The van der Waals surface area contributed by atoms with Crippen molar-refractivity contribution in [2.24, 2.45) is 0 Å². The third-order valence-electron chi connectivity index (χ3n) is 2.36. The van der Waals surface area contributed by atoms with Crippen molar-refractivity contribution < 1.29 is 4.39 Å². The fourth-order valence-electron chi connectivity index (χ4n) is 1.59. The third kappa shape index (κ3) is 1.97. The van der Waals surface area contributed by atoms with E-state index < -0.39 is 0 Å². The molecule has 2 aromatic rings. The summed E-state index contributed by atoms with van der Waals surface area (Å²) in [7, 11) is 0. The van der Waals surface area contributed by atoms with E-state index in [0.717, 1.165) is 22.3 Å². The zero-order chi connectivity index (χ0) is 11.7. The summed E-state index contributed by atoms with van der Waals surface area (Å²) in [4.78, 5) is 2.97. The van der Waals surface area contributed by atoms with Gasteiger partial charge in [0.15, 0.2) is 4.77 Å². The van der Waals surface area contributed by atoms with Gasteiger partial charge in [-0.3, -0.25) is 4.57 Å². The first-order valence-electron chi connectivity index (χ1n) is 4.88. The van der Waals surface area contributed by atoms with E-state index in [4.69, 9.17) is 12.2 Å². The predicted molar refractivity (Wildman–Crippen MR) is 68.0 cm³/mol. The van der Waals surface area contributed by atoms with Crippen LogP contribution in [-0.4, -0.2) is 9.55 Å². The second kappa shape index (κ2) is 4.51. The molecule has 1 aromatic heterocycles. The first-order valence-corrected chi connectivity index (χ1v) is 6.08. The fourth-order valence-corrected chi connectivity index (χ4v) is 2.28. The Morgan fingerprint density at radius 1 is 1.50 bits per heavy atom. The molecule has 2 rings (SSSR count). The van der Waals surface area contributed by atoms with Crippen LogP contribution >= 0.6 is 28.1 Å². The third-order valence-corrected chi connectivity index (χ3v) is 3.33. The van der Waals surface area contributed by atoms with Crippen LogP contribution in [0, 0.1) is 10.6 Å². The van der Waals surface area contributed by atoms with Gasteiger partial charge in [-0.25, -0.2) is 4.39 Å². The van der Waals surface area contributed by atoms with Gasteiger partial charge in [-0.05, 0) is 52.8 Å². The van der Waals surface area contributed by atoms with E-state index in [9.17, 15) is 4.39 Å². The van der Waals surface area contributed by atoms with E-state index in [1.807, 2.05) is 17.7 Å². The maximum Gasteiger partial charge on any atom is 0.182 e. The number of hydrogen-bond acceptors (Lipinski definition) is 1. The summed E-state index contributed by atoms with van der Waals surface area (Å²) in [5.74, 6) is -0.275. The zero-order valence-electron chi connectivity index (χ0n) is 8.63. The number of aryl methyl sites for hydroxylation is 1. The van der Waals surface area contributed by atoms with Crippen LogP contribution in [-0.2, 0) is 6.42 Å². The molecule has 5 heteroatoms. The van der Waals surface area contributed by atoms with Crippen molar-refractivity contribution in [3.8, 4) is 5.69 Å². The molecular weight excluding hydrogens is 291 g/mol. The second-order valence-electron chi connectivity index (χ2n) is 3.37. The highest BCUT2D eigenvalue weighted by atomic mass is 79.9. The maximum atomic E-state index is 13.2. The summed E-state index contributed by atoms with van der Waals surface area (Å²) in [5, 5.41) is 0. The molecular formula is C11H10BrFN2S. The van der Waals surface area contributed by atoms with Crippen molar-refractivity contribution in [2.75, 3.05) is 0 Å². The van der Waals surface area contributed by atoms with Gasteiger partial charge in [0, 0.05) is 16.4 Å². The van der Waals surface area contributed by atoms with E-state index in [2.05, 4.69) is 20.9 Å². The highest BCUT2D eigenvalue weighted by Gasteiger charge is 2.09. The van der Waals surface area contributed by atoms with Crippen LogP contribution in [0.1, 0.15) is 12.6 Å². The summed E-state index contributed by atoms with van der Waals surface area (Å²) in [6.45, 7) is 2.03. The summed E-state index contributed by atoms with van der Waals surface area (Å²) in [6, 6.07) is 4.56. The van der Waals surface area contributed by atoms with Crippen molar-refractivity contribution >= 4 is 28.1 Å². The minimum absolute atomic E-state index is 0.275. The SMILES string of the molecule is CCc1c[nH]c(=S)n1-c1cc(F)ccc1Br. The van der Waals surface area contributed by atoms with Crippen molar-refractivity contribution in [3.05, 3.63) is 45.2 Å². The topological polar surface area (TPSA) is 20.7 Å². The quantitative estimate of drug-likeness (QED) is 0.832. The summed E-state index contributed by atoms with van der Waals surface area (Å²) in [6.07, 6.45) is 2.68. The molecule has 0 aliphatic heterocycles. The summed E-state index contributed by atoms with van der Waals surface area (Å²) >= 11 is 8.59. The van der Waals surface area contributed by atoms with Crippen LogP contribution in [0.5, 0.6) is 0 Å². The number of imidazole rings is 1. The van der Waals surface area contributed by atoms with Gasteiger partial charge >= 0.3 is 0 Å². The molecule has 0 aliphatic carbocycles. The van der Waals surface area contributed by atoms with Gasteiger partial charge in [0.05, 0.1) is 5.69 Å². The number of H-pyrrole nitrogens is 1. The second-order valence-corrected chi connectivity index (χ2v) is 4.61. The van der Waals surface area contributed by atoms with Crippen LogP contribution < -0.4 is 0 Å². The number of aromatic nitrogens is 2. The highest BCUT2D eigenvalue weighted by molar-refractivity contribution is 9.10. The van der Waals surface area contributed by atoms with E-state index in [1.54, 1.807) is 6.07 Å². The number of hydrogen-bond donors (Lipinski definition) is 1. The number of benzene rings is 1. The first-order chi connectivity index (χ1) is 7.63. The molecule has 0 bridgehead atoms. The average Bonchev–Trinajstić information content (AvgIpc) is 2.63. The largest absolute Gasteiger partial charge is 0.337 e. The van der Waals surface area contributed by atoms with Gasteiger partial charge in [0.1, 0.15) is 5.82 Å². The molecule has 0 aliphatic rings. The molecule has 0 unspecified atom stereocenters. The number of aromatic amines is 1. The van der Waals surface area contributed by atoms with Crippen LogP contribution in [0.4, 0.5) is 4.39 Å². The number of nitrogens with zero attached hydrogens (tertiary/aromatic N) is 1. The van der Waals surface area contributed by atoms with Crippen molar-refractivity contribution in [2.45, 2.75) is 13.3 Å². The van der Waals surface area contributed by atoms with Gasteiger partial charge < -0.3 is 4.98 Å². The lowest BCUT2D eigenvalue weighted by Gasteiger charge is -2.09. The van der Waals surface area contributed by atoms with Crippen molar-refractivity contribution in [1.29, 1.82) is 0 Å². The Kier molecular flexibility index (Phi) is 3.25. The highest BCUT2D eigenvalue weighted by Crippen LogP contribution is 2.24. The monoisotopic (exact) mass is 300 g/mol. The number of nitrogens with one attached hydrogen (secondary N) is 1. The summed E-state index contributed by atoms with van der Waals surface area (Å²) < 4.78 is 16.5. The van der Waals surface area contributed by atoms with E-state index >= 15 is 0 Å². The number of halogens is 2. The van der Waals surface area contributed by atoms with Gasteiger partial charge in [0.2, 0.25) is 0 Å². The van der Waals surface area contributed by atoms with Crippen LogP contribution in [0.2, 0.25) is 0 Å². The van der Waals surface area contributed by atoms with Crippen molar-refractivity contribution in [1.82, 2.24) is 9.55 Å². The molecule has 0 saturated heterocycles. The standard InChI is InChI=1S/C11H10BrFN2S/c1-2-8-6-14-11(16)15(8)10-5-7(13)3-4-9(10)12/h3-6H,2H2,1H3,(H,14,16). The molecule has 0 amide bonds. The Balaban J connectivity index is 2.71. The predicted octanol–water partition coefficient (Wildman–Crippen LogP) is 4.00. The summed E-state index contributed by atoms with van der Waals surface area (Å²) in [5.41, 5.74) is 1.75. The Bertz CT molecular complexity index is 574. The lowest BCUT2D eigenvalue weighted by Crippen LogP contribution is -2.00. The molecule has 0 radical (unpaired) electrons. The lowest BCUT2D eigenvalue weighted by molar-refractivity contribution is 0.625. The first kappa shape index (κ1) is 11.5. The molecule has 0 fully saturated rings. The maximum absolute atomic E-state index is 13.2. The molecule has 0 atom stereocenters. The molecule has 1 N–H and O–H groups in total. The average molecular weight is 301 g/mol. The van der Waals surface area contributed by atoms with Crippen LogP contribution in [0.15, 0.2) is 28.9 Å². The molecule has 1 heterocycles. The Morgan fingerprint density at radius 2 is 2.25 bits per heavy atom. The Hall–Kier alpha value is -0.940. The molecule has 0 spiro atoms. The van der Waals surface area contributed by atoms with Crippen LogP contribution in [0.3, 0.4) is 0 Å². The van der Waals surface area contributed by atoms with Gasteiger partial charge in [-0.15, -0.1) is 0 Å². The van der Waals surface area contributed by atoms with E-state index in [-0.39, 0.29) is 5.82 Å². The van der Waals surface area contributed by atoms with Gasteiger partial charge in [-0.1, -0.05) is 6.92 Å². The van der Waals surface area contributed by atoms with E-state index in [0.29, 0.717) is 4.77 Å². The minimum Gasteiger partial charge on any atom is -0.337 e. The van der Waals surface area contributed by atoms with Crippen molar-refractivity contribution in [3.63, 3.8) is 0 Å². The van der Waals surface area contributed by atoms with Crippen LogP contribution in [0.25, 0.3) is 5.69 Å². The van der Waals surface area contributed by atoms with E-state index in [1.165, 1.54) is 12.1 Å². The molecule has 2 nitrogen and oxygen atoms in total. The normalized spacial score (nSPS) is 10.7. The van der Waals surface area contributed by atoms with Gasteiger partial charge in [0.25, 0.3) is 0 Å². The van der Waals surface area contributed by atoms with Gasteiger partial charge in [-0.2, -0.15) is 0 Å². The molecule has 84 valence electrons. The minimum atomic E-state index is -0.275. The zero-order valence-corrected chi connectivity index (χ0v) is 11.0. The smallest absolute Gasteiger partial charge is 0.182 e. The lowest BCUT2D eigenvalue weighted by atomic mass is 10.3. The molecule has 16 heavy (non-hydrogen) atoms. The Labute approximate surface area is 106 Å².